The molecule has 0 atom stereocenters. The van der Waals surface area contributed by atoms with E-state index in [4.69, 9.17) is 23.2 Å². The van der Waals surface area contributed by atoms with E-state index in [0.717, 1.165) is 93.9 Å². The molecular formula is C40H22N2O3. The molecule has 0 radical (unpaired) electrons. The third-order valence-corrected chi connectivity index (χ3v) is 8.77. The van der Waals surface area contributed by atoms with E-state index in [1.165, 1.54) is 0 Å². The van der Waals surface area contributed by atoms with Crippen molar-refractivity contribution in [3.8, 4) is 33.5 Å². The number of fused-ring (bicyclic) bond motifs is 9. The van der Waals surface area contributed by atoms with E-state index in [2.05, 4.69) is 72.8 Å². The van der Waals surface area contributed by atoms with Crippen molar-refractivity contribution in [1.82, 2.24) is 9.97 Å². The number of furan rings is 3. The summed E-state index contributed by atoms with van der Waals surface area (Å²) in [6, 6.07) is 43.4. The van der Waals surface area contributed by atoms with Crippen LogP contribution in [-0.2, 0) is 0 Å². The summed E-state index contributed by atoms with van der Waals surface area (Å²) in [7, 11) is 0. The second kappa shape index (κ2) is 9.15. The van der Waals surface area contributed by atoms with Crippen LogP contribution in [-0.4, -0.2) is 9.97 Å². The van der Waals surface area contributed by atoms with Crippen LogP contribution in [0.5, 0.6) is 0 Å². The molecule has 10 aromatic rings. The van der Waals surface area contributed by atoms with Crippen LogP contribution in [0.1, 0.15) is 0 Å². The molecule has 0 fully saturated rings. The van der Waals surface area contributed by atoms with E-state index >= 15 is 0 Å². The molecule has 0 bridgehead atoms. The molecule has 4 heterocycles. The topological polar surface area (TPSA) is 65.2 Å². The first-order valence-electron chi connectivity index (χ1n) is 14.9. The van der Waals surface area contributed by atoms with Crippen molar-refractivity contribution >= 4 is 66.1 Å². The van der Waals surface area contributed by atoms with Crippen molar-refractivity contribution in [3.63, 3.8) is 0 Å². The summed E-state index contributed by atoms with van der Waals surface area (Å²) in [5, 5.41) is 5.35. The predicted octanol–water partition coefficient (Wildman–Crippen LogP) is 11.2. The summed E-state index contributed by atoms with van der Waals surface area (Å²) >= 11 is 0. The number of aromatic nitrogens is 2. The first kappa shape index (κ1) is 24.3. The quantitative estimate of drug-likeness (QED) is 0.209. The average Bonchev–Trinajstić information content (AvgIpc) is 3.79. The lowest BCUT2D eigenvalue weighted by Gasteiger charge is -2.06. The van der Waals surface area contributed by atoms with Crippen LogP contribution >= 0.6 is 0 Å². The minimum absolute atomic E-state index is 0.506. The smallest absolute Gasteiger partial charge is 0.246 e. The summed E-state index contributed by atoms with van der Waals surface area (Å²) in [5.74, 6) is 0. The minimum atomic E-state index is 0.506. The maximum absolute atomic E-state index is 6.31. The first-order chi connectivity index (χ1) is 22.3. The molecule has 0 saturated heterocycles. The lowest BCUT2D eigenvalue weighted by molar-refractivity contribution is 0.653. The van der Waals surface area contributed by atoms with Crippen molar-refractivity contribution in [2.45, 2.75) is 0 Å². The summed E-state index contributed by atoms with van der Waals surface area (Å²) in [4.78, 5) is 9.79. The summed E-state index contributed by atoms with van der Waals surface area (Å²) in [5.41, 5.74) is 11.3. The zero-order chi connectivity index (χ0) is 29.5. The maximum Gasteiger partial charge on any atom is 0.246 e. The number of hydrogen-bond acceptors (Lipinski definition) is 5. The van der Waals surface area contributed by atoms with Crippen LogP contribution in [0.15, 0.2) is 147 Å². The van der Waals surface area contributed by atoms with E-state index in [1.807, 2.05) is 60.8 Å². The Kier molecular flexibility index (Phi) is 4.93. The summed E-state index contributed by atoms with van der Waals surface area (Å²) < 4.78 is 18.8. The van der Waals surface area contributed by atoms with Gasteiger partial charge in [0.25, 0.3) is 0 Å². The molecule has 4 aromatic heterocycles. The molecule has 10 rings (SSSR count). The fourth-order valence-electron chi connectivity index (χ4n) is 6.64. The second-order valence-electron chi connectivity index (χ2n) is 11.4. The molecule has 5 heteroatoms. The van der Waals surface area contributed by atoms with Crippen LogP contribution < -0.4 is 0 Å². The number of para-hydroxylation sites is 4. The lowest BCUT2D eigenvalue weighted by Crippen LogP contribution is -1.88. The SMILES string of the molecule is c1cc(-c2cnc3c(n2)oc2ccc(-c4cccc5c4oc4ccccc45)cc23)cc(-c2cccc3c2oc2ccccc23)c1. The monoisotopic (exact) mass is 578 g/mol. The van der Waals surface area contributed by atoms with Crippen LogP contribution in [0, 0.1) is 0 Å². The lowest BCUT2D eigenvalue weighted by atomic mass is 9.99. The second-order valence-corrected chi connectivity index (χ2v) is 11.4. The molecule has 6 aromatic carbocycles. The molecule has 0 spiro atoms. The molecular weight excluding hydrogens is 556 g/mol. The van der Waals surface area contributed by atoms with Crippen molar-refractivity contribution in [2.24, 2.45) is 0 Å². The average molecular weight is 579 g/mol. The van der Waals surface area contributed by atoms with E-state index in [1.54, 1.807) is 0 Å². The van der Waals surface area contributed by atoms with Gasteiger partial charge in [0.1, 0.15) is 33.4 Å². The van der Waals surface area contributed by atoms with Gasteiger partial charge in [0, 0.05) is 43.6 Å². The van der Waals surface area contributed by atoms with Crippen LogP contribution in [0.4, 0.5) is 0 Å². The zero-order valence-electron chi connectivity index (χ0n) is 23.8. The highest BCUT2D eigenvalue weighted by Crippen LogP contribution is 2.39. The Morgan fingerprint density at radius 2 is 1.00 bits per heavy atom. The number of benzene rings is 6. The molecule has 0 unspecified atom stereocenters. The van der Waals surface area contributed by atoms with Gasteiger partial charge in [0.05, 0.1) is 11.9 Å². The molecule has 0 aliphatic carbocycles. The Bertz CT molecular complexity index is 2780. The van der Waals surface area contributed by atoms with Gasteiger partial charge in [-0.05, 0) is 41.5 Å². The van der Waals surface area contributed by atoms with E-state index in [9.17, 15) is 0 Å². The van der Waals surface area contributed by atoms with Gasteiger partial charge in [-0.15, -0.1) is 0 Å². The molecule has 0 amide bonds. The highest BCUT2D eigenvalue weighted by atomic mass is 16.3. The van der Waals surface area contributed by atoms with Gasteiger partial charge in [-0.3, -0.25) is 0 Å². The van der Waals surface area contributed by atoms with Crippen molar-refractivity contribution in [3.05, 3.63) is 134 Å². The first-order valence-corrected chi connectivity index (χ1v) is 14.9. The van der Waals surface area contributed by atoms with Gasteiger partial charge in [0.15, 0.2) is 0 Å². The molecule has 45 heavy (non-hydrogen) atoms. The third kappa shape index (κ3) is 3.61. The molecule has 0 aliphatic heterocycles. The fraction of sp³-hybridized carbons (Fsp3) is 0. The highest BCUT2D eigenvalue weighted by Gasteiger charge is 2.17. The Morgan fingerprint density at radius 3 is 1.71 bits per heavy atom. The minimum Gasteiger partial charge on any atom is -0.455 e. The van der Waals surface area contributed by atoms with Crippen molar-refractivity contribution in [2.75, 3.05) is 0 Å². The van der Waals surface area contributed by atoms with Gasteiger partial charge in [-0.25, -0.2) is 9.97 Å². The highest BCUT2D eigenvalue weighted by molar-refractivity contribution is 6.11. The van der Waals surface area contributed by atoms with Gasteiger partial charge in [-0.1, -0.05) is 97.1 Å². The largest absolute Gasteiger partial charge is 0.455 e. The molecule has 0 N–H and O–H groups in total. The van der Waals surface area contributed by atoms with Gasteiger partial charge >= 0.3 is 0 Å². The molecule has 210 valence electrons. The number of rotatable bonds is 3. The normalized spacial score (nSPS) is 12.0. The molecule has 0 aliphatic rings. The molecule has 5 nitrogen and oxygen atoms in total. The Balaban J connectivity index is 1.07. The number of hydrogen-bond donors (Lipinski definition) is 0. The predicted molar refractivity (Wildman–Crippen MR) is 180 cm³/mol. The van der Waals surface area contributed by atoms with Crippen molar-refractivity contribution < 1.29 is 13.3 Å². The van der Waals surface area contributed by atoms with Crippen LogP contribution in [0.2, 0.25) is 0 Å². The zero-order valence-corrected chi connectivity index (χ0v) is 23.8. The van der Waals surface area contributed by atoms with Crippen molar-refractivity contribution in [1.29, 1.82) is 0 Å². The Hall–Kier alpha value is -6.20. The van der Waals surface area contributed by atoms with Gasteiger partial charge in [0.2, 0.25) is 5.71 Å². The summed E-state index contributed by atoms with van der Waals surface area (Å²) in [6.45, 7) is 0. The molecule has 0 saturated carbocycles. The van der Waals surface area contributed by atoms with Gasteiger partial charge < -0.3 is 13.3 Å². The van der Waals surface area contributed by atoms with Gasteiger partial charge in [-0.2, -0.15) is 0 Å². The Morgan fingerprint density at radius 1 is 0.422 bits per heavy atom. The third-order valence-electron chi connectivity index (χ3n) is 8.77. The summed E-state index contributed by atoms with van der Waals surface area (Å²) in [6.07, 6.45) is 1.82. The van der Waals surface area contributed by atoms with Crippen LogP contribution in [0.3, 0.4) is 0 Å². The van der Waals surface area contributed by atoms with E-state index < -0.39 is 0 Å². The van der Waals surface area contributed by atoms with E-state index in [-0.39, 0.29) is 0 Å². The standard InChI is InChI=1S/C40H22N2O3/c1-3-16-34-28(10-1)30-14-6-12-26(38(30)43-34)23-8-5-9-25(20-23)33-22-41-37-32-21-24(18-19-36(32)45-40(37)42-33)27-13-7-15-31-29-11-2-4-17-35(29)44-39(27)31/h1-22H. The van der Waals surface area contributed by atoms with Crippen LogP contribution in [0.25, 0.3) is 99.6 Å². The maximum atomic E-state index is 6.31. The fourth-order valence-corrected chi connectivity index (χ4v) is 6.64. The Labute approximate surface area is 256 Å². The van der Waals surface area contributed by atoms with E-state index in [0.29, 0.717) is 5.71 Å². The number of nitrogens with zero attached hydrogens (tertiary/aromatic N) is 2.